The molecular weight excluding hydrogens is 624 g/mol. The number of aromatic nitrogens is 1. The largest absolute Gasteiger partial charge is 0.507 e. The second kappa shape index (κ2) is 13.4. The van der Waals surface area contributed by atoms with Crippen molar-refractivity contribution >= 4 is 23.0 Å². The van der Waals surface area contributed by atoms with E-state index in [1.54, 1.807) is 0 Å². The number of Topliss-reactive ketones (excluding diaryl/α,β-unsaturated/α-hetero) is 2. The lowest BCUT2D eigenvalue weighted by Gasteiger charge is -2.49. The molecule has 2 aromatic rings. The van der Waals surface area contributed by atoms with Crippen LogP contribution in [-0.2, 0) is 17.8 Å². The highest BCUT2D eigenvalue weighted by molar-refractivity contribution is 6.26. The van der Waals surface area contributed by atoms with Gasteiger partial charge in [-0.05, 0) is 101 Å². The number of fused-ring (bicyclic) bond motifs is 4. The zero-order valence-electron chi connectivity index (χ0n) is 30.5. The number of ether oxygens (including phenoxy) is 2. The number of unbranched alkanes of at least 4 members (excludes halogenated alkanes) is 2. The van der Waals surface area contributed by atoms with Gasteiger partial charge in [0.05, 0.1) is 24.8 Å². The summed E-state index contributed by atoms with van der Waals surface area (Å²) in [6.07, 6.45) is 6.41. The maximum Gasteiger partial charge on any atom is 0.265 e. The van der Waals surface area contributed by atoms with Crippen molar-refractivity contribution in [3.63, 3.8) is 0 Å². The third-order valence-electron chi connectivity index (χ3n) is 11.3. The first-order valence-electron chi connectivity index (χ1n) is 18.1. The Kier molecular flexibility index (Phi) is 9.67. The predicted molar refractivity (Wildman–Crippen MR) is 187 cm³/mol. The van der Waals surface area contributed by atoms with Crippen molar-refractivity contribution in [2.75, 3.05) is 52.8 Å². The van der Waals surface area contributed by atoms with E-state index in [1.807, 2.05) is 46.1 Å². The molecular formula is C38H54N4O7. The fourth-order valence-corrected chi connectivity index (χ4v) is 8.73. The summed E-state index contributed by atoms with van der Waals surface area (Å²) < 4.78 is 18.0. The van der Waals surface area contributed by atoms with Crippen LogP contribution in [0, 0.1) is 11.8 Å². The summed E-state index contributed by atoms with van der Waals surface area (Å²) in [6.45, 7) is 11.2. The Hall–Kier alpha value is -3.41. The molecule has 0 amide bonds. The number of hydrogen-bond acceptors (Lipinski definition) is 11. The number of hydrogen-bond donors (Lipinski definition) is 2. The van der Waals surface area contributed by atoms with Crippen LogP contribution in [0.5, 0.6) is 11.6 Å². The molecule has 1 saturated heterocycles. The Bertz CT molecular complexity index is 1640. The van der Waals surface area contributed by atoms with Gasteiger partial charge in [0.2, 0.25) is 11.6 Å². The quantitative estimate of drug-likeness (QED) is 0.211. The third-order valence-corrected chi connectivity index (χ3v) is 11.3. The van der Waals surface area contributed by atoms with E-state index in [2.05, 4.69) is 35.7 Å². The minimum absolute atomic E-state index is 0.00427. The van der Waals surface area contributed by atoms with Gasteiger partial charge in [-0.1, -0.05) is 26.7 Å². The first-order valence-corrected chi connectivity index (χ1v) is 18.1. The molecule has 1 aliphatic heterocycles. The van der Waals surface area contributed by atoms with Crippen LogP contribution < -0.4 is 14.4 Å². The molecule has 2 N–H and O–H groups in total. The zero-order chi connectivity index (χ0) is 35.4. The fraction of sp³-hybridized carbons (Fsp3) is 0.658. The minimum Gasteiger partial charge on any atom is -0.507 e. The van der Waals surface area contributed by atoms with Crippen molar-refractivity contribution in [1.82, 2.24) is 15.0 Å². The van der Waals surface area contributed by atoms with E-state index >= 15 is 0 Å². The summed E-state index contributed by atoms with van der Waals surface area (Å²) in [6, 6.07) is 1.41. The van der Waals surface area contributed by atoms with Crippen LogP contribution in [-0.4, -0.2) is 95.8 Å². The maximum atomic E-state index is 14.7. The van der Waals surface area contributed by atoms with Crippen LogP contribution in [0.2, 0.25) is 0 Å². The van der Waals surface area contributed by atoms with Crippen molar-refractivity contribution < 1.29 is 33.8 Å². The van der Waals surface area contributed by atoms with E-state index in [0.717, 1.165) is 68.4 Å². The van der Waals surface area contributed by atoms with Gasteiger partial charge >= 0.3 is 0 Å². The molecule has 0 bridgehead atoms. The molecule has 49 heavy (non-hydrogen) atoms. The molecule has 11 nitrogen and oxygen atoms in total. The van der Waals surface area contributed by atoms with Gasteiger partial charge in [0, 0.05) is 43.4 Å². The van der Waals surface area contributed by atoms with E-state index in [4.69, 9.17) is 14.0 Å². The Labute approximate surface area is 290 Å². The predicted octanol–water partition coefficient (Wildman–Crippen LogP) is 5.73. The summed E-state index contributed by atoms with van der Waals surface area (Å²) in [5.41, 5.74) is 1.25. The first-order chi connectivity index (χ1) is 23.3. The lowest BCUT2D eigenvalue weighted by Crippen LogP contribution is -2.63. The highest BCUT2D eigenvalue weighted by Gasteiger charge is 2.65. The van der Waals surface area contributed by atoms with Crippen molar-refractivity contribution in [3.8, 4) is 11.6 Å². The van der Waals surface area contributed by atoms with Gasteiger partial charge in [-0.3, -0.25) is 19.4 Å². The lowest BCUT2D eigenvalue weighted by molar-refractivity contribution is -0.142. The van der Waals surface area contributed by atoms with Gasteiger partial charge in [0.1, 0.15) is 17.1 Å². The monoisotopic (exact) mass is 678 g/mol. The summed E-state index contributed by atoms with van der Waals surface area (Å²) in [4.78, 5) is 35.5. The number of benzene rings is 1. The van der Waals surface area contributed by atoms with Crippen LogP contribution in [0.3, 0.4) is 0 Å². The Balaban J connectivity index is 1.50. The summed E-state index contributed by atoms with van der Waals surface area (Å²) in [7, 11) is 7.70. The molecule has 0 spiro atoms. The first kappa shape index (κ1) is 35.4. The standard InChI is InChI=1S/C38H54N4O7/c1-9-11-16-47-26-20-23(21-42-15-13-14-37(42,3)4)30(40(5)6)24-18-22-19-25-31(41(7)8)33-29(36(39-49-33)48-17-12-10-2)35(45)38(25,46)34(44)27(22)32(43)28(24)26/h20,22,25,31,43,46H,9-19,21H2,1-8H3/t22-,25-,31-,38-/m0/s1. The van der Waals surface area contributed by atoms with E-state index < -0.39 is 35.0 Å². The van der Waals surface area contributed by atoms with Gasteiger partial charge in [-0.15, -0.1) is 0 Å². The molecule has 6 rings (SSSR count). The smallest absolute Gasteiger partial charge is 0.265 e. The van der Waals surface area contributed by atoms with E-state index in [0.29, 0.717) is 36.7 Å². The van der Waals surface area contributed by atoms with Gasteiger partial charge in [0.15, 0.2) is 11.4 Å². The topological polar surface area (TPSA) is 129 Å². The second-order valence-corrected chi connectivity index (χ2v) is 15.4. The van der Waals surface area contributed by atoms with Crippen LogP contribution >= 0.6 is 0 Å². The molecule has 0 unspecified atom stereocenters. The van der Waals surface area contributed by atoms with Crippen molar-refractivity contribution in [2.45, 2.75) is 103 Å². The molecule has 1 aromatic heterocycles. The van der Waals surface area contributed by atoms with Gasteiger partial charge in [-0.25, -0.2) is 0 Å². The lowest BCUT2D eigenvalue weighted by atomic mass is 9.57. The molecule has 1 saturated carbocycles. The number of aliphatic hydroxyl groups excluding tert-OH is 1. The van der Waals surface area contributed by atoms with Crippen molar-refractivity contribution in [2.24, 2.45) is 11.8 Å². The molecule has 268 valence electrons. The van der Waals surface area contributed by atoms with E-state index in [-0.39, 0.29) is 34.7 Å². The third kappa shape index (κ3) is 5.75. The fourth-order valence-electron chi connectivity index (χ4n) is 8.73. The van der Waals surface area contributed by atoms with Crippen molar-refractivity contribution in [3.05, 3.63) is 39.7 Å². The van der Waals surface area contributed by atoms with E-state index in [1.165, 1.54) is 0 Å². The second-order valence-electron chi connectivity index (χ2n) is 15.4. The summed E-state index contributed by atoms with van der Waals surface area (Å²) in [5.74, 6) is -2.22. The number of aliphatic hydroxyl groups is 2. The highest BCUT2D eigenvalue weighted by Crippen LogP contribution is 2.57. The SMILES string of the molecule is CCCCOc1cc(CN2CCCC2(C)C)c(N(C)C)c2c1C(O)=C1C(=O)[C@]3(O)C(=O)c4c(OCCCC)noc4[C@@H](N(C)C)[C@@H]3C[C@@H]1C2. The number of anilines is 1. The number of rotatable bonds is 12. The molecule has 0 radical (unpaired) electrons. The Morgan fingerprint density at radius 1 is 1.04 bits per heavy atom. The van der Waals surface area contributed by atoms with Gasteiger partial charge in [0.25, 0.3) is 5.88 Å². The number of nitrogens with zero attached hydrogens (tertiary/aromatic N) is 4. The number of likely N-dealkylation sites (tertiary alicyclic amines) is 1. The average Bonchev–Trinajstić information content (AvgIpc) is 3.60. The minimum atomic E-state index is -2.43. The Morgan fingerprint density at radius 3 is 2.35 bits per heavy atom. The van der Waals surface area contributed by atoms with Crippen LogP contribution in [0.4, 0.5) is 5.69 Å². The van der Waals surface area contributed by atoms with Gasteiger partial charge < -0.3 is 29.1 Å². The summed E-state index contributed by atoms with van der Waals surface area (Å²) >= 11 is 0. The van der Waals surface area contributed by atoms with Gasteiger partial charge in [-0.2, -0.15) is 0 Å². The normalized spacial score (nSPS) is 26.0. The Morgan fingerprint density at radius 2 is 1.73 bits per heavy atom. The van der Waals surface area contributed by atoms with Crippen LogP contribution in [0.25, 0.3) is 5.76 Å². The summed E-state index contributed by atoms with van der Waals surface area (Å²) in [5, 5.41) is 28.7. The number of carbonyl (C=O) groups excluding carboxylic acids is 2. The maximum absolute atomic E-state index is 14.7. The number of carbonyl (C=O) groups is 2. The molecule has 4 atom stereocenters. The van der Waals surface area contributed by atoms with Crippen LogP contribution in [0.1, 0.15) is 111 Å². The molecule has 2 heterocycles. The molecule has 1 aromatic carbocycles. The van der Waals surface area contributed by atoms with Crippen LogP contribution in [0.15, 0.2) is 16.2 Å². The average molecular weight is 679 g/mol. The van der Waals surface area contributed by atoms with E-state index in [9.17, 15) is 19.8 Å². The highest BCUT2D eigenvalue weighted by atomic mass is 16.5. The zero-order valence-corrected chi connectivity index (χ0v) is 30.5. The molecule has 3 aliphatic carbocycles. The molecule has 2 fully saturated rings. The van der Waals surface area contributed by atoms with Crippen molar-refractivity contribution in [1.29, 1.82) is 0 Å². The molecule has 11 heteroatoms. The number of ketones is 2. The molecule has 4 aliphatic rings.